The molecule has 0 saturated heterocycles. The number of benzene rings is 2. The van der Waals surface area contributed by atoms with Gasteiger partial charge in [0.15, 0.2) is 5.78 Å². The van der Waals surface area contributed by atoms with E-state index >= 15 is 0 Å². The van der Waals surface area contributed by atoms with Gasteiger partial charge in [0.1, 0.15) is 5.82 Å². The zero-order chi connectivity index (χ0) is 15.2. The van der Waals surface area contributed by atoms with Gasteiger partial charge < -0.3 is 5.32 Å². The highest BCUT2D eigenvalue weighted by Crippen LogP contribution is 2.13. The summed E-state index contributed by atoms with van der Waals surface area (Å²) >= 11 is 0. The van der Waals surface area contributed by atoms with Crippen molar-refractivity contribution in [1.82, 2.24) is 0 Å². The Morgan fingerprint density at radius 2 is 1.90 bits per heavy atom. The van der Waals surface area contributed by atoms with E-state index in [1.165, 1.54) is 17.7 Å². The van der Waals surface area contributed by atoms with Gasteiger partial charge in [-0.15, -0.1) is 0 Å². The number of nitrogens with one attached hydrogen (secondary N) is 1. The third-order valence-electron chi connectivity index (χ3n) is 3.29. The van der Waals surface area contributed by atoms with Crippen molar-refractivity contribution >= 4 is 11.5 Å². The number of hydrogen-bond donors (Lipinski definition) is 1. The maximum absolute atomic E-state index is 13.1. The fourth-order valence-electron chi connectivity index (χ4n) is 1.95. The van der Waals surface area contributed by atoms with Gasteiger partial charge in [-0.1, -0.05) is 31.2 Å². The number of halogens is 1. The first-order valence-corrected chi connectivity index (χ1v) is 6.92. The van der Waals surface area contributed by atoms with Gasteiger partial charge in [0.25, 0.3) is 0 Å². The number of allylic oxidation sites excluding steroid dienone is 1. The summed E-state index contributed by atoms with van der Waals surface area (Å²) in [5.41, 5.74) is 3.17. The minimum absolute atomic E-state index is 0.0658. The average molecular weight is 283 g/mol. The third kappa shape index (κ3) is 4.02. The Morgan fingerprint density at radius 3 is 2.52 bits per heavy atom. The molecule has 0 fully saturated rings. The lowest BCUT2D eigenvalue weighted by atomic mass is 10.1. The van der Waals surface area contributed by atoms with Crippen LogP contribution in [0.25, 0.3) is 0 Å². The first-order chi connectivity index (χ1) is 10.1. The minimum atomic E-state index is -0.239. The zero-order valence-electron chi connectivity index (χ0n) is 12.2. The molecule has 0 aromatic heterocycles. The normalized spacial score (nSPS) is 10.8. The summed E-state index contributed by atoms with van der Waals surface area (Å²) in [5, 5.41) is 2.97. The van der Waals surface area contributed by atoms with Gasteiger partial charge in [0.05, 0.1) is 0 Å². The van der Waals surface area contributed by atoms with Crippen molar-refractivity contribution in [2.75, 3.05) is 5.32 Å². The summed E-state index contributed by atoms with van der Waals surface area (Å²) in [5.74, 6) is -0.305. The Morgan fingerprint density at radius 1 is 1.19 bits per heavy atom. The minimum Gasteiger partial charge on any atom is -0.362 e. The van der Waals surface area contributed by atoms with Crippen LogP contribution in [0.15, 0.2) is 54.7 Å². The second-order valence-electron chi connectivity index (χ2n) is 4.86. The molecule has 0 aliphatic carbocycles. The Kier molecular flexibility index (Phi) is 4.88. The average Bonchev–Trinajstić information content (AvgIpc) is 2.51. The van der Waals surface area contributed by atoms with Crippen molar-refractivity contribution < 1.29 is 9.18 Å². The number of hydrogen-bond acceptors (Lipinski definition) is 2. The fraction of sp³-hybridized carbons (Fsp3) is 0.167. The number of aryl methyl sites for hydroxylation is 2. The van der Waals surface area contributed by atoms with Crippen LogP contribution in [-0.4, -0.2) is 5.78 Å². The van der Waals surface area contributed by atoms with Gasteiger partial charge in [0, 0.05) is 23.5 Å². The van der Waals surface area contributed by atoms with Gasteiger partial charge in [-0.3, -0.25) is 4.79 Å². The van der Waals surface area contributed by atoms with Crippen LogP contribution in [0.5, 0.6) is 0 Å². The standard InChI is InChI=1S/C18H18FNO/c1-3-14-4-6-15(7-5-14)18(21)10-11-20-16-8-9-17(19)13(2)12-16/h4-12,20H,3H2,1-2H3/b11-10+. The van der Waals surface area contributed by atoms with Crippen LogP contribution in [0.2, 0.25) is 0 Å². The maximum atomic E-state index is 13.1. The van der Waals surface area contributed by atoms with E-state index in [1.807, 2.05) is 24.3 Å². The van der Waals surface area contributed by atoms with E-state index < -0.39 is 0 Å². The van der Waals surface area contributed by atoms with Crippen LogP contribution in [0, 0.1) is 12.7 Å². The molecule has 3 heteroatoms. The lowest BCUT2D eigenvalue weighted by Gasteiger charge is -2.03. The van der Waals surface area contributed by atoms with Crippen molar-refractivity contribution in [3.63, 3.8) is 0 Å². The summed E-state index contributed by atoms with van der Waals surface area (Å²) in [4.78, 5) is 12.0. The number of carbonyl (C=O) groups is 1. The summed E-state index contributed by atoms with van der Waals surface area (Å²) in [7, 11) is 0. The highest BCUT2D eigenvalue weighted by Gasteiger charge is 2.01. The number of anilines is 1. The van der Waals surface area contributed by atoms with Crippen LogP contribution in [0.4, 0.5) is 10.1 Å². The highest BCUT2D eigenvalue weighted by atomic mass is 19.1. The summed E-state index contributed by atoms with van der Waals surface area (Å²) in [6, 6.07) is 12.3. The van der Waals surface area contributed by atoms with Crippen LogP contribution in [-0.2, 0) is 6.42 Å². The number of rotatable bonds is 5. The molecule has 21 heavy (non-hydrogen) atoms. The van der Waals surface area contributed by atoms with Crippen LogP contribution >= 0.6 is 0 Å². The largest absolute Gasteiger partial charge is 0.362 e. The van der Waals surface area contributed by atoms with Gasteiger partial charge in [-0.25, -0.2) is 4.39 Å². The van der Waals surface area contributed by atoms with Crippen molar-refractivity contribution in [3.05, 3.63) is 77.2 Å². The highest BCUT2D eigenvalue weighted by molar-refractivity contribution is 6.04. The van der Waals surface area contributed by atoms with Crippen LogP contribution in [0.3, 0.4) is 0 Å². The summed E-state index contributed by atoms with van der Waals surface area (Å²) in [6.45, 7) is 3.77. The molecule has 0 aliphatic rings. The molecule has 0 saturated carbocycles. The predicted octanol–water partition coefficient (Wildman–Crippen LogP) is 4.51. The Bertz CT molecular complexity index is 659. The lowest BCUT2D eigenvalue weighted by Crippen LogP contribution is -1.97. The van der Waals surface area contributed by atoms with E-state index in [2.05, 4.69) is 12.2 Å². The van der Waals surface area contributed by atoms with E-state index in [1.54, 1.807) is 25.3 Å². The summed E-state index contributed by atoms with van der Waals surface area (Å²) < 4.78 is 13.1. The SMILES string of the molecule is CCc1ccc(C(=O)/C=C/Nc2ccc(F)c(C)c2)cc1. The topological polar surface area (TPSA) is 29.1 Å². The van der Waals surface area contributed by atoms with E-state index in [-0.39, 0.29) is 11.6 Å². The van der Waals surface area contributed by atoms with E-state index in [4.69, 9.17) is 0 Å². The van der Waals surface area contributed by atoms with Crippen LogP contribution < -0.4 is 5.32 Å². The molecule has 0 unspecified atom stereocenters. The number of ketones is 1. The molecule has 0 aliphatic heterocycles. The van der Waals surface area contributed by atoms with E-state index in [0.717, 1.165) is 12.1 Å². The molecule has 0 atom stereocenters. The monoisotopic (exact) mass is 283 g/mol. The maximum Gasteiger partial charge on any atom is 0.187 e. The first-order valence-electron chi connectivity index (χ1n) is 6.92. The predicted molar refractivity (Wildman–Crippen MR) is 84.1 cm³/mol. The first kappa shape index (κ1) is 15.0. The Balaban J connectivity index is 1.99. The molecular weight excluding hydrogens is 265 g/mol. The van der Waals surface area contributed by atoms with Crippen molar-refractivity contribution in [2.24, 2.45) is 0 Å². The van der Waals surface area contributed by atoms with Crippen molar-refractivity contribution in [3.8, 4) is 0 Å². The second kappa shape index (κ2) is 6.84. The quantitative estimate of drug-likeness (QED) is 0.646. The zero-order valence-corrected chi connectivity index (χ0v) is 12.2. The summed E-state index contributed by atoms with van der Waals surface area (Å²) in [6.07, 6.45) is 4.00. The number of carbonyl (C=O) groups excluding carboxylic acids is 1. The molecule has 0 heterocycles. The molecule has 2 aromatic carbocycles. The molecule has 1 N–H and O–H groups in total. The molecule has 0 spiro atoms. The molecule has 2 rings (SSSR count). The van der Waals surface area contributed by atoms with E-state index in [9.17, 15) is 9.18 Å². The van der Waals surface area contributed by atoms with Gasteiger partial charge in [0.2, 0.25) is 0 Å². The molecule has 0 radical (unpaired) electrons. The Labute approximate surface area is 124 Å². The van der Waals surface area contributed by atoms with Gasteiger partial charge in [-0.05, 0) is 42.7 Å². The molecule has 0 amide bonds. The van der Waals surface area contributed by atoms with Crippen molar-refractivity contribution in [1.29, 1.82) is 0 Å². The lowest BCUT2D eigenvalue weighted by molar-refractivity contribution is 0.104. The smallest absolute Gasteiger partial charge is 0.187 e. The molecule has 108 valence electrons. The second-order valence-corrected chi connectivity index (χ2v) is 4.86. The van der Waals surface area contributed by atoms with Gasteiger partial charge >= 0.3 is 0 Å². The molecule has 0 bridgehead atoms. The van der Waals surface area contributed by atoms with Crippen molar-refractivity contribution in [2.45, 2.75) is 20.3 Å². The molecular formula is C18H18FNO. The van der Waals surface area contributed by atoms with Gasteiger partial charge in [-0.2, -0.15) is 0 Å². The fourth-order valence-corrected chi connectivity index (χ4v) is 1.95. The Hall–Kier alpha value is -2.42. The molecule has 2 nitrogen and oxygen atoms in total. The third-order valence-corrected chi connectivity index (χ3v) is 3.29. The molecule has 2 aromatic rings. The van der Waals surface area contributed by atoms with Crippen LogP contribution in [0.1, 0.15) is 28.4 Å². The van der Waals surface area contributed by atoms with E-state index in [0.29, 0.717) is 11.1 Å².